The number of anilines is 1. The molecule has 0 aromatic heterocycles. The van der Waals surface area contributed by atoms with Gasteiger partial charge in [0.2, 0.25) is 0 Å². The van der Waals surface area contributed by atoms with Crippen molar-refractivity contribution in [3.05, 3.63) is 35.7 Å². The van der Waals surface area contributed by atoms with Crippen molar-refractivity contribution in [3.8, 4) is 0 Å². The summed E-state index contributed by atoms with van der Waals surface area (Å²) in [6.07, 6.45) is 2.08. The Balaban J connectivity index is 2.65. The van der Waals surface area contributed by atoms with Gasteiger partial charge in [-0.1, -0.05) is 19.9 Å². The predicted octanol–water partition coefficient (Wildman–Crippen LogP) is 4.03. The first-order chi connectivity index (χ1) is 10.2. The summed E-state index contributed by atoms with van der Waals surface area (Å²) in [5, 5.41) is 0. The van der Waals surface area contributed by atoms with Gasteiger partial charge in [-0.25, -0.2) is 9.18 Å². The summed E-state index contributed by atoms with van der Waals surface area (Å²) < 4.78 is 18.6. The summed E-state index contributed by atoms with van der Waals surface area (Å²) in [6.45, 7) is 10.1. The molecule has 1 heterocycles. The average molecular weight is 305 g/mol. The highest BCUT2D eigenvalue weighted by molar-refractivity contribution is 5.87. The molecule has 0 N–H and O–H groups in total. The normalized spacial score (nSPS) is 17.8. The van der Waals surface area contributed by atoms with E-state index >= 15 is 0 Å². The number of benzene rings is 1. The predicted molar refractivity (Wildman–Crippen MR) is 87.3 cm³/mol. The standard InChI is InChI=1S/C18H24FNO2/c1-11(2)16(17(21)22-6)20-15-8-7-13(19)9-14(15)12(3)10-18(20,4)5/h7-11,16H,1-6H3. The second kappa shape index (κ2) is 5.75. The second-order valence-corrected chi connectivity index (χ2v) is 6.72. The molecule has 3 nitrogen and oxygen atoms in total. The number of esters is 1. The maximum atomic E-state index is 13.6. The molecule has 2 rings (SSSR count). The molecule has 1 aliphatic heterocycles. The fourth-order valence-electron chi connectivity index (χ4n) is 3.33. The molecular formula is C18H24FNO2. The van der Waals surface area contributed by atoms with Crippen LogP contribution in [0.2, 0.25) is 0 Å². The van der Waals surface area contributed by atoms with Crippen molar-refractivity contribution in [1.82, 2.24) is 0 Å². The number of rotatable bonds is 3. The number of methoxy groups -OCH3 is 1. The van der Waals surface area contributed by atoms with Crippen molar-refractivity contribution in [3.63, 3.8) is 0 Å². The van der Waals surface area contributed by atoms with Gasteiger partial charge in [0.25, 0.3) is 0 Å². The zero-order chi connectivity index (χ0) is 16.7. The summed E-state index contributed by atoms with van der Waals surface area (Å²) in [5.41, 5.74) is 2.35. The van der Waals surface area contributed by atoms with Gasteiger partial charge in [-0.05, 0) is 50.5 Å². The number of hydrogen-bond acceptors (Lipinski definition) is 3. The molecule has 22 heavy (non-hydrogen) atoms. The molecule has 1 unspecified atom stereocenters. The lowest BCUT2D eigenvalue weighted by Crippen LogP contribution is -2.56. The average Bonchev–Trinajstić information content (AvgIpc) is 2.42. The number of halogens is 1. The Kier molecular flexibility index (Phi) is 4.32. The van der Waals surface area contributed by atoms with E-state index < -0.39 is 6.04 Å². The van der Waals surface area contributed by atoms with Crippen LogP contribution in [0.15, 0.2) is 24.3 Å². The Labute approximate surface area is 131 Å². The number of carbonyl (C=O) groups is 1. The second-order valence-electron chi connectivity index (χ2n) is 6.72. The fraction of sp³-hybridized carbons (Fsp3) is 0.500. The Hall–Kier alpha value is -1.84. The molecule has 0 saturated heterocycles. The molecule has 0 amide bonds. The van der Waals surface area contributed by atoms with Crippen molar-refractivity contribution in [2.24, 2.45) is 5.92 Å². The van der Waals surface area contributed by atoms with Crippen molar-refractivity contribution in [2.45, 2.75) is 46.2 Å². The molecule has 120 valence electrons. The van der Waals surface area contributed by atoms with E-state index in [4.69, 9.17) is 4.74 Å². The number of fused-ring (bicyclic) bond motifs is 1. The van der Waals surface area contributed by atoms with Gasteiger partial charge in [-0.2, -0.15) is 0 Å². The lowest BCUT2D eigenvalue weighted by Gasteiger charge is -2.47. The maximum Gasteiger partial charge on any atom is 0.328 e. The van der Waals surface area contributed by atoms with E-state index in [2.05, 4.69) is 19.9 Å². The van der Waals surface area contributed by atoms with E-state index in [0.717, 1.165) is 16.8 Å². The van der Waals surface area contributed by atoms with Crippen molar-refractivity contribution < 1.29 is 13.9 Å². The smallest absolute Gasteiger partial charge is 0.328 e. The van der Waals surface area contributed by atoms with Crippen LogP contribution in [-0.4, -0.2) is 24.7 Å². The van der Waals surface area contributed by atoms with Crippen LogP contribution < -0.4 is 4.90 Å². The monoisotopic (exact) mass is 305 g/mol. The topological polar surface area (TPSA) is 29.5 Å². The van der Waals surface area contributed by atoms with Crippen molar-refractivity contribution in [1.29, 1.82) is 0 Å². The van der Waals surface area contributed by atoms with E-state index in [1.807, 2.05) is 25.7 Å². The van der Waals surface area contributed by atoms with E-state index in [-0.39, 0.29) is 23.2 Å². The van der Waals surface area contributed by atoms with Crippen molar-refractivity contribution in [2.75, 3.05) is 12.0 Å². The van der Waals surface area contributed by atoms with Crippen LogP contribution in [0.5, 0.6) is 0 Å². The lowest BCUT2D eigenvalue weighted by molar-refractivity contribution is -0.143. The summed E-state index contributed by atoms with van der Waals surface area (Å²) >= 11 is 0. The van der Waals surface area contributed by atoms with Crippen LogP contribution >= 0.6 is 0 Å². The Bertz CT molecular complexity index is 620. The number of allylic oxidation sites excluding steroid dienone is 1. The third kappa shape index (κ3) is 2.74. The summed E-state index contributed by atoms with van der Waals surface area (Å²) in [7, 11) is 1.40. The Morgan fingerprint density at radius 3 is 2.50 bits per heavy atom. The molecule has 0 radical (unpaired) electrons. The summed E-state index contributed by atoms with van der Waals surface area (Å²) in [4.78, 5) is 14.4. The number of nitrogens with zero attached hydrogens (tertiary/aromatic N) is 1. The van der Waals surface area contributed by atoms with Crippen LogP contribution in [0.1, 0.15) is 40.2 Å². The SMILES string of the molecule is COC(=O)C(C(C)C)N1c2ccc(F)cc2C(C)=CC1(C)C. The molecular weight excluding hydrogens is 281 g/mol. The minimum absolute atomic E-state index is 0.0661. The quantitative estimate of drug-likeness (QED) is 0.790. The first-order valence-corrected chi connectivity index (χ1v) is 7.55. The van der Waals surface area contributed by atoms with Crippen LogP contribution in [0.25, 0.3) is 5.57 Å². The minimum atomic E-state index is -0.423. The number of ether oxygens (including phenoxy) is 1. The van der Waals surface area contributed by atoms with Gasteiger partial charge in [0.05, 0.1) is 12.6 Å². The largest absolute Gasteiger partial charge is 0.467 e. The van der Waals surface area contributed by atoms with Crippen LogP contribution in [0.4, 0.5) is 10.1 Å². The van der Waals surface area contributed by atoms with Gasteiger partial charge in [0, 0.05) is 11.3 Å². The first-order valence-electron chi connectivity index (χ1n) is 7.55. The van der Waals surface area contributed by atoms with Crippen molar-refractivity contribution >= 4 is 17.2 Å². The molecule has 0 fully saturated rings. The lowest BCUT2D eigenvalue weighted by atomic mass is 9.85. The molecule has 1 atom stereocenters. The Morgan fingerprint density at radius 1 is 1.32 bits per heavy atom. The molecule has 4 heteroatoms. The molecule has 0 saturated carbocycles. The van der Waals surface area contributed by atoms with Gasteiger partial charge >= 0.3 is 5.97 Å². The highest BCUT2D eigenvalue weighted by atomic mass is 19.1. The van der Waals surface area contributed by atoms with E-state index in [1.165, 1.54) is 19.2 Å². The van der Waals surface area contributed by atoms with Gasteiger partial charge < -0.3 is 9.64 Å². The van der Waals surface area contributed by atoms with Crippen LogP contribution in [-0.2, 0) is 9.53 Å². The molecule has 1 aromatic rings. The highest BCUT2D eigenvalue weighted by Gasteiger charge is 2.41. The molecule has 0 bridgehead atoms. The third-order valence-electron chi connectivity index (χ3n) is 4.19. The fourth-order valence-corrected chi connectivity index (χ4v) is 3.33. The van der Waals surface area contributed by atoms with Gasteiger partial charge in [0.15, 0.2) is 0 Å². The van der Waals surface area contributed by atoms with E-state index in [1.54, 1.807) is 6.07 Å². The molecule has 1 aromatic carbocycles. The number of hydrogen-bond donors (Lipinski definition) is 0. The summed E-state index contributed by atoms with van der Waals surface area (Å²) in [5.74, 6) is -0.479. The van der Waals surface area contributed by atoms with Crippen LogP contribution in [0.3, 0.4) is 0 Å². The molecule has 0 spiro atoms. The van der Waals surface area contributed by atoms with Gasteiger partial charge in [-0.15, -0.1) is 0 Å². The van der Waals surface area contributed by atoms with E-state index in [9.17, 15) is 9.18 Å². The van der Waals surface area contributed by atoms with E-state index in [0.29, 0.717) is 0 Å². The number of carbonyl (C=O) groups excluding carboxylic acids is 1. The van der Waals surface area contributed by atoms with Gasteiger partial charge in [-0.3, -0.25) is 0 Å². The Morgan fingerprint density at radius 2 is 1.95 bits per heavy atom. The highest BCUT2D eigenvalue weighted by Crippen LogP contribution is 2.41. The first kappa shape index (κ1) is 16.5. The van der Waals surface area contributed by atoms with Gasteiger partial charge in [0.1, 0.15) is 11.9 Å². The maximum absolute atomic E-state index is 13.6. The zero-order valence-corrected chi connectivity index (χ0v) is 14.1. The molecule has 0 aliphatic carbocycles. The third-order valence-corrected chi connectivity index (χ3v) is 4.19. The minimum Gasteiger partial charge on any atom is -0.467 e. The zero-order valence-electron chi connectivity index (χ0n) is 14.1. The molecule has 1 aliphatic rings. The summed E-state index contributed by atoms with van der Waals surface area (Å²) in [6, 6.07) is 4.29. The van der Waals surface area contributed by atoms with Crippen LogP contribution in [0, 0.1) is 11.7 Å².